The molecule has 1 aliphatic rings. The predicted molar refractivity (Wildman–Crippen MR) is 121 cm³/mol. The van der Waals surface area contributed by atoms with Crippen LogP contribution in [0.2, 0.25) is 0 Å². The highest BCUT2D eigenvalue weighted by Gasteiger charge is 2.34. The van der Waals surface area contributed by atoms with E-state index in [0.717, 1.165) is 21.3 Å². The molecule has 1 fully saturated rings. The second kappa shape index (κ2) is 8.58. The highest BCUT2D eigenvalue weighted by Crippen LogP contribution is 2.27. The molecule has 1 saturated heterocycles. The van der Waals surface area contributed by atoms with Gasteiger partial charge in [-0.1, -0.05) is 19.9 Å². The van der Waals surface area contributed by atoms with Gasteiger partial charge in [0.1, 0.15) is 0 Å². The number of carbonyl (C=O) groups excluding carboxylic acids is 2. The van der Waals surface area contributed by atoms with E-state index < -0.39 is 0 Å². The van der Waals surface area contributed by atoms with Crippen molar-refractivity contribution in [1.82, 2.24) is 25.2 Å². The van der Waals surface area contributed by atoms with Crippen LogP contribution in [0.3, 0.4) is 0 Å². The number of fused-ring (bicyclic) bond motifs is 1. The summed E-state index contributed by atoms with van der Waals surface area (Å²) < 4.78 is 0.773. The molecule has 4 heterocycles. The van der Waals surface area contributed by atoms with E-state index in [1.54, 1.807) is 4.90 Å². The molecule has 162 valence electrons. The Morgan fingerprint density at radius 1 is 1.19 bits per heavy atom. The van der Waals surface area contributed by atoms with E-state index in [1.165, 1.54) is 11.3 Å². The number of likely N-dealkylation sites (tertiary alicyclic amines) is 1. The quantitative estimate of drug-likeness (QED) is 0.613. The third-order valence-corrected chi connectivity index (χ3v) is 6.20. The molecule has 0 radical (unpaired) electrons. The molecule has 2 amide bonds. The van der Waals surface area contributed by atoms with Crippen molar-refractivity contribution in [3.8, 4) is 0 Å². The van der Waals surface area contributed by atoms with Crippen molar-refractivity contribution < 1.29 is 9.59 Å². The normalized spacial score (nSPS) is 15.1. The van der Waals surface area contributed by atoms with Crippen LogP contribution < -0.4 is 10.6 Å². The van der Waals surface area contributed by atoms with Crippen molar-refractivity contribution in [2.45, 2.75) is 39.8 Å². The minimum Gasteiger partial charge on any atom is -0.350 e. The molecular weight excluding hydrogens is 412 g/mol. The van der Waals surface area contributed by atoms with Crippen molar-refractivity contribution in [1.29, 1.82) is 0 Å². The molecule has 0 aromatic carbocycles. The molecule has 2 N–H and O–H groups in total. The Morgan fingerprint density at radius 2 is 1.97 bits per heavy atom. The van der Waals surface area contributed by atoms with Crippen molar-refractivity contribution >= 4 is 39.3 Å². The standard InChI is InChI=1S/C22H26N6O2S/c1-12(2)20(29)25-16-10-28(11-16)21(30)18-19-17(5-6-31-19)26-22(27-18)24-14(4)15-7-13(3)8-23-9-15/h5-9,12,14,16H,10-11H2,1-4H3,(H,25,29)(H,24,26,27). The van der Waals surface area contributed by atoms with Crippen molar-refractivity contribution in [3.05, 3.63) is 46.7 Å². The zero-order valence-electron chi connectivity index (χ0n) is 18.0. The lowest BCUT2D eigenvalue weighted by Gasteiger charge is -2.39. The zero-order chi connectivity index (χ0) is 22.1. The summed E-state index contributed by atoms with van der Waals surface area (Å²) in [5.41, 5.74) is 3.23. The highest BCUT2D eigenvalue weighted by molar-refractivity contribution is 7.17. The minimum atomic E-state index is -0.141. The lowest BCUT2D eigenvalue weighted by molar-refractivity contribution is -0.125. The van der Waals surface area contributed by atoms with Gasteiger partial charge >= 0.3 is 0 Å². The lowest BCUT2D eigenvalue weighted by atomic mass is 10.1. The maximum Gasteiger partial charge on any atom is 0.274 e. The van der Waals surface area contributed by atoms with Crippen LogP contribution in [-0.4, -0.2) is 50.8 Å². The van der Waals surface area contributed by atoms with Gasteiger partial charge in [0.05, 0.1) is 22.3 Å². The molecule has 1 aliphatic heterocycles. The third-order valence-electron chi connectivity index (χ3n) is 5.29. The molecule has 31 heavy (non-hydrogen) atoms. The number of hydrogen-bond acceptors (Lipinski definition) is 7. The van der Waals surface area contributed by atoms with Crippen LogP contribution in [0.25, 0.3) is 10.2 Å². The summed E-state index contributed by atoms with van der Waals surface area (Å²) in [5, 5.41) is 8.18. The predicted octanol–water partition coefficient (Wildman–Crippen LogP) is 3.16. The Hall–Kier alpha value is -3.07. The Kier molecular flexibility index (Phi) is 5.86. The van der Waals surface area contributed by atoms with Gasteiger partial charge in [0, 0.05) is 31.4 Å². The van der Waals surface area contributed by atoms with Gasteiger partial charge in [-0.15, -0.1) is 11.3 Å². The van der Waals surface area contributed by atoms with Gasteiger partial charge in [-0.3, -0.25) is 14.6 Å². The highest BCUT2D eigenvalue weighted by atomic mass is 32.1. The fraction of sp³-hybridized carbons (Fsp3) is 0.409. The van der Waals surface area contributed by atoms with Crippen LogP contribution in [0.4, 0.5) is 5.95 Å². The molecule has 0 saturated carbocycles. The van der Waals surface area contributed by atoms with E-state index in [0.29, 0.717) is 24.7 Å². The van der Waals surface area contributed by atoms with E-state index in [1.807, 2.05) is 51.5 Å². The fourth-order valence-corrected chi connectivity index (χ4v) is 4.23. The summed E-state index contributed by atoms with van der Waals surface area (Å²) in [4.78, 5) is 40.1. The molecular formula is C22H26N6O2S. The van der Waals surface area contributed by atoms with Gasteiger partial charge in [-0.25, -0.2) is 9.97 Å². The SMILES string of the molecule is Cc1cncc(C(C)Nc2nc(C(=O)N3CC(NC(=O)C(C)C)C3)c3sccc3n2)c1. The second-order valence-corrected chi connectivity index (χ2v) is 9.18. The molecule has 3 aromatic rings. The molecule has 8 nitrogen and oxygen atoms in total. The van der Waals surface area contributed by atoms with Gasteiger partial charge in [-0.05, 0) is 36.4 Å². The number of hydrogen-bond donors (Lipinski definition) is 2. The molecule has 0 aliphatic carbocycles. The number of nitrogens with one attached hydrogen (secondary N) is 2. The molecule has 1 unspecified atom stereocenters. The summed E-state index contributed by atoms with van der Waals surface area (Å²) >= 11 is 1.46. The van der Waals surface area contributed by atoms with E-state index in [-0.39, 0.29) is 29.8 Å². The Labute approximate surface area is 185 Å². The van der Waals surface area contributed by atoms with Crippen LogP contribution in [-0.2, 0) is 4.79 Å². The van der Waals surface area contributed by atoms with Gasteiger partial charge < -0.3 is 15.5 Å². The van der Waals surface area contributed by atoms with Crippen LogP contribution in [0.1, 0.15) is 48.4 Å². The van der Waals surface area contributed by atoms with E-state index in [4.69, 9.17) is 0 Å². The van der Waals surface area contributed by atoms with Gasteiger partial charge in [0.15, 0.2) is 5.69 Å². The Bertz CT molecular complexity index is 1120. The summed E-state index contributed by atoms with van der Waals surface area (Å²) in [5.74, 6) is 0.203. The number of amides is 2. The van der Waals surface area contributed by atoms with Crippen molar-refractivity contribution in [2.75, 3.05) is 18.4 Å². The average molecular weight is 439 g/mol. The first-order chi connectivity index (χ1) is 14.8. The molecule has 0 bridgehead atoms. The molecule has 0 spiro atoms. The first-order valence-corrected chi connectivity index (χ1v) is 11.2. The zero-order valence-corrected chi connectivity index (χ0v) is 18.9. The third kappa shape index (κ3) is 4.51. The first-order valence-electron chi connectivity index (χ1n) is 10.3. The molecule has 1 atom stereocenters. The van der Waals surface area contributed by atoms with Gasteiger partial charge in [0.25, 0.3) is 5.91 Å². The second-order valence-electron chi connectivity index (χ2n) is 8.26. The summed E-state index contributed by atoms with van der Waals surface area (Å²) in [6, 6.07) is 3.88. The lowest BCUT2D eigenvalue weighted by Crippen LogP contribution is -2.61. The van der Waals surface area contributed by atoms with E-state index in [2.05, 4.69) is 31.7 Å². The van der Waals surface area contributed by atoms with Crippen LogP contribution in [0, 0.1) is 12.8 Å². The summed E-state index contributed by atoms with van der Waals surface area (Å²) in [6.45, 7) is 8.69. The van der Waals surface area contributed by atoms with E-state index in [9.17, 15) is 9.59 Å². The number of nitrogens with zero attached hydrogens (tertiary/aromatic N) is 4. The number of aryl methyl sites for hydroxylation is 1. The Balaban J connectivity index is 1.51. The average Bonchev–Trinajstić information content (AvgIpc) is 3.17. The number of pyridine rings is 1. The topological polar surface area (TPSA) is 100 Å². The smallest absolute Gasteiger partial charge is 0.274 e. The summed E-state index contributed by atoms with van der Waals surface area (Å²) in [6.07, 6.45) is 3.62. The fourth-order valence-electron chi connectivity index (χ4n) is 3.42. The van der Waals surface area contributed by atoms with Gasteiger partial charge in [-0.2, -0.15) is 0 Å². The Morgan fingerprint density at radius 3 is 2.68 bits per heavy atom. The van der Waals surface area contributed by atoms with Crippen LogP contribution >= 0.6 is 11.3 Å². The maximum absolute atomic E-state index is 13.1. The first kappa shape index (κ1) is 21.2. The summed E-state index contributed by atoms with van der Waals surface area (Å²) in [7, 11) is 0. The van der Waals surface area contributed by atoms with Crippen LogP contribution in [0.15, 0.2) is 29.9 Å². The number of aromatic nitrogens is 3. The van der Waals surface area contributed by atoms with E-state index >= 15 is 0 Å². The number of rotatable bonds is 6. The van der Waals surface area contributed by atoms with Crippen LogP contribution in [0.5, 0.6) is 0 Å². The van der Waals surface area contributed by atoms with Crippen molar-refractivity contribution in [3.63, 3.8) is 0 Å². The largest absolute Gasteiger partial charge is 0.350 e. The molecule has 4 rings (SSSR count). The maximum atomic E-state index is 13.1. The molecule has 9 heteroatoms. The monoisotopic (exact) mass is 438 g/mol. The number of thiophene rings is 1. The number of carbonyl (C=O) groups is 2. The van der Waals surface area contributed by atoms with Gasteiger partial charge in [0.2, 0.25) is 11.9 Å². The minimum absolute atomic E-state index is 0.00546. The van der Waals surface area contributed by atoms with Crippen molar-refractivity contribution in [2.24, 2.45) is 5.92 Å². The molecule has 3 aromatic heterocycles. The number of anilines is 1.